The van der Waals surface area contributed by atoms with Crippen LogP contribution in [0.5, 0.6) is 0 Å². The van der Waals surface area contributed by atoms with Crippen LogP contribution in [-0.2, 0) is 0 Å². The lowest BCUT2D eigenvalue weighted by atomic mass is 9.78. The molecule has 2 nitrogen and oxygen atoms in total. The largest absolute Gasteiger partial charge is 0.311 e. The molecule has 0 aromatic carbocycles. The molecule has 0 bridgehead atoms. The fourth-order valence-corrected chi connectivity index (χ4v) is 4.01. The van der Waals surface area contributed by atoms with Crippen molar-refractivity contribution in [2.45, 2.75) is 70.4 Å². The Kier molecular flexibility index (Phi) is 4.00. The first kappa shape index (κ1) is 13.6. The third kappa shape index (κ3) is 3.05. The Bertz CT molecular complexity index is 333. The van der Waals surface area contributed by atoms with Gasteiger partial charge in [0.2, 0.25) is 0 Å². The lowest BCUT2D eigenvalue weighted by Crippen LogP contribution is -2.65. The van der Waals surface area contributed by atoms with Crippen molar-refractivity contribution in [1.29, 1.82) is 0 Å². The molecule has 3 fully saturated rings. The van der Waals surface area contributed by atoms with E-state index in [0.717, 1.165) is 12.0 Å². The maximum Gasteiger partial charge on any atom is 0.0338 e. The van der Waals surface area contributed by atoms with E-state index >= 15 is 0 Å². The van der Waals surface area contributed by atoms with Gasteiger partial charge in [0.15, 0.2) is 0 Å². The van der Waals surface area contributed by atoms with Crippen molar-refractivity contribution >= 4 is 0 Å². The maximum absolute atomic E-state index is 3.90. The van der Waals surface area contributed by atoms with Crippen LogP contribution in [0.25, 0.3) is 0 Å². The van der Waals surface area contributed by atoms with Crippen molar-refractivity contribution in [3.63, 3.8) is 0 Å². The van der Waals surface area contributed by atoms with Gasteiger partial charge in [-0.1, -0.05) is 30.9 Å². The van der Waals surface area contributed by atoms with Crippen molar-refractivity contribution in [3.05, 3.63) is 11.6 Å². The van der Waals surface area contributed by atoms with Gasteiger partial charge in [0.25, 0.3) is 0 Å². The highest BCUT2D eigenvalue weighted by Gasteiger charge is 2.44. The lowest BCUT2D eigenvalue weighted by Gasteiger charge is -2.52. The van der Waals surface area contributed by atoms with Gasteiger partial charge < -0.3 is 5.32 Å². The number of nitrogens with zero attached hydrogens (tertiary/aromatic N) is 1. The molecule has 1 N–H and O–H groups in total. The summed E-state index contributed by atoms with van der Waals surface area (Å²) in [5.74, 6) is 0.982. The molecule has 1 unspecified atom stereocenters. The molecule has 0 aromatic heterocycles. The summed E-state index contributed by atoms with van der Waals surface area (Å²) in [4.78, 5) is 2.83. The smallest absolute Gasteiger partial charge is 0.0338 e. The monoisotopic (exact) mass is 262 g/mol. The molecule has 1 saturated heterocycles. The standard InChI is InChI=1S/C17H30N2/c1-14(2)8-11-19-12-16(15-6-7-15)18-13-17(19)9-4-3-5-10-17/h8,15-16,18H,3-7,9-13H2,1-2H3. The minimum Gasteiger partial charge on any atom is -0.311 e. The molecule has 1 spiro atoms. The van der Waals surface area contributed by atoms with E-state index in [-0.39, 0.29) is 0 Å². The minimum absolute atomic E-state index is 0.482. The van der Waals surface area contributed by atoms with Gasteiger partial charge in [-0.2, -0.15) is 0 Å². The van der Waals surface area contributed by atoms with Crippen molar-refractivity contribution in [2.24, 2.45) is 5.92 Å². The van der Waals surface area contributed by atoms with Gasteiger partial charge in [0, 0.05) is 31.2 Å². The Morgan fingerprint density at radius 2 is 1.95 bits per heavy atom. The fraction of sp³-hybridized carbons (Fsp3) is 0.882. The second kappa shape index (κ2) is 5.57. The Morgan fingerprint density at radius 3 is 2.58 bits per heavy atom. The van der Waals surface area contributed by atoms with Crippen molar-refractivity contribution < 1.29 is 0 Å². The first-order valence-corrected chi connectivity index (χ1v) is 8.31. The van der Waals surface area contributed by atoms with Gasteiger partial charge in [-0.15, -0.1) is 0 Å². The number of allylic oxidation sites excluding steroid dienone is 1. The first-order valence-electron chi connectivity index (χ1n) is 8.31. The van der Waals surface area contributed by atoms with Crippen LogP contribution in [0.4, 0.5) is 0 Å². The highest BCUT2D eigenvalue weighted by atomic mass is 15.3. The van der Waals surface area contributed by atoms with Crippen LogP contribution in [0.3, 0.4) is 0 Å². The minimum atomic E-state index is 0.482. The molecular weight excluding hydrogens is 232 g/mol. The summed E-state index contributed by atoms with van der Waals surface area (Å²) in [7, 11) is 0. The van der Waals surface area contributed by atoms with Gasteiger partial charge in [-0.25, -0.2) is 0 Å². The predicted molar refractivity (Wildman–Crippen MR) is 81.3 cm³/mol. The molecule has 2 heteroatoms. The Labute approximate surface area is 118 Å². The maximum atomic E-state index is 3.90. The van der Waals surface area contributed by atoms with Gasteiger partial charge in [0.05, 0.1) is 0 Å². The van der Waals surface area contributed by atoms with Crippen LogP contribution < -0.4 is 5.32 Å². The van der Waals surface area contributed by atoms with E-state index in [4.69, 9.17) is 0 Å². The average Bonchev–Trinajstić information content (AvgIpc) is 3.23. The molecule has 0 radical (unpaired) electrons. The second-order valence-electron chi connectivity index (χ2n) is 7.30. The molecule has 0 aromatic rings. The summed E-state index contributed by atoms with van der Waals surface area (Å²) in [6.45, 7) is 8.16. The highest BCUT2D eigenvalue weighted by Crippen LogP contribution is 2.40. The van der Waals surface area contributed by atoms with Crippen LogP contribution in [0.2, 0.25) is 0 Å². The van der Waals surface area contributed by atoms with Crippen molar-refractivity contribution in [2.75, 3.05) is 19.6 Å². The van der Waals surface area contributed by atoms with Gasteiger partial charge in [0.1, 0.15) is 0 Å². The van der Waals surface area contributed by atoms with Crippen molar-refractivity contribution in [3.8, 4) is 0 Å². The van der Waals surface area contributed by atoms with E-state index in [1.165, 1.54) is 70.2 Å². The zero-order valence-electron chi connectivity index (χ0n) is 12.8. The molecule has 3 aliphatic rings. The molecule has 1 heterocycles. The first-order chi connectivity index (χ1) is 9.20. The summed E-state index contributed by atoms with van der Waals surface area (Å²) in [6.07, 6.45) is 12.5. The number of hydrogen-bond acceptors (Lipinski definition) is 2. The van der Waals surface area contributed by atoms with E-state index in [1.807, 2.05) is 0 Å². The van der Waals surface area contributed by atoms with Crippen LogP contribution in [-0.4, -0.2) is 36.1 Å². The molecular formula is C17H30N2. The molecule has 108 valence electrons. The number of rotatable bonds is 3. The van der Waals surface area contributed by atoms with Gasteiger partial charge >= 0.3 is 0 Å². The Balaban J connectivity index is 1.71. The normalized spacial score (nSPS) is 31.4. The number of piperazine rings is 1. The summed E-state index contributed by atoms with van der Waals surface area (Å²) in [5, 5.41) is 3.90. The third-order valence-electron chi connectivity index (χ3n) is 5.48. The Hall–Kier alpha value is -0.340. The summed E-state index contributed by atoms with van der Waals surface area (Å²) < 4.78 is 0. The molecule has 0 amide bonds. The molecule has 3 rings (SSSR count). The average molecular weight is 262 g/mol. The highest BCUT2D eigenvalue weighted by molar-refractivity contribution is 5.06. The SMILES string of the molecule is CC(C)=CCN1CC(C2CC2)NCC12CCCCC2. The van der Waals surface area contributed by atoms with E-state index in [9.17, 15) is 0 Å². The fourth-order valence-electron chi connectivity index (χ4n) is 4.01. The summed E-state index contributed by atoms with van der Waals surface area (Å²) in [5.41, 5.74) is 1.95. The van der Waals surface area contributed by atoms with E-state index in [1.54, 1.807) is 0 Å². The van der Waals surface area contributed by atoms with E-state index in [0.29, 0.717) is 5.54 Å². The van der Waals surface area contributed by atoms with E-state index in [2.05, 4.69) is 30.1 Å². The second-order valence-corrected chi connectivity index (χ2v) is 7.30. The van der Waals surface area contributed by atoms with Crippen LogP contribution in [0.15, 0.2) is 11.6 Å². The zero-order valence-corrected chi connectivity index (χ0v) is 12.8. The van der Waals surface area contributed by atoms with Crippen molar-refractivity contribution in [1.82, 2.24) is 10.2 Å². The molecule has 19 heavy (non-hydrogen) atoms. The quantitative estimate of drug-likeness (QED) is 0.785. The van der Waals surface area contributed by atoms with Gasteiger partial charge in [-0.3, -0.25) is 4.90 Å². The van der Waals surface area contributed by atoms with Gasteiger partial charge in [-0.05, 0) is 45.4 Å². The zero-order chi connectivity index (χ0) is 13.3. The van der Waals surface area contributed by atoms with E-state index < -0.39 is 0 Å². The summed E-state index contributed by atoms with van der Waals surface area (Å²) >= 11 is 0. The third-order valence-corrected chi connectivity index (χ3v) is 5.48. The molecule has 2 aliphatic carbocycles. The summed E-state index contributed by atoms with van der Waals surface area (Å²) in [6, 6.07) is 0.776. The number of hydrogen-bond donors (Lipinski definition) is 1. The molecule has 1 aliphatic heterocycles. The molecule has 1 atom stereocenters. The topological polar surface area (TPSA) is 15.3 Å². The molecule has 2 saturated carbocycles. The lowest BCUT2D eigenvalue weighted by molar-refractivity contribution is 0.0154. The predicted octanol–water partition coefficient (Wildman–Crippen LogP) is 3.34. The van der Waals surface area contributed by atoms with Crippen LogP contribution >= 0.6 is 0 Å². The van der Waals surface area contributed by atoms with Crippen LogP contribution in [0, 0.1) is 5.92 Å². The Morgan fingerprint density at radius 1 is 1.21 bits per heavy atom. The van der Waals surface area contributed by atoms with Crippen LogP contribution in [0.1, 0.15) is 58.8 Å². The number of nitrogens with one attached hydrogen (secondary N) is 1.